The van der Waals surface area contributed by atoms with E-state index in [1.807, 2.05) is 24.3 Å². The minimum Gasteiger partial charge on any atom is -0.262 e. The van der Waals surface area contributed by atoms with E-state index in [1.54, 1.807) is 23.0 Å². The first-order valence-corrected chi connectivity index (χ1v) is 7.09. The number of benzene rings is 1. The Balaban J connectivity index is 2.44. The fraction of sp³-hybridized carbons (Fsp3) is 0.188. The van der Waals surface area contributed by atoms with Gasteiger partial charge in [0.25, 0.3) is 0 Å². The number of halogens is 1. The molecule has 1 aromatic carbocycles. The van der Waals surface area contributed by atoms with Gasteiger partial charge >= 0.3 is 5.69 Å². The Hall–Kier alpha value is -2.20. The zero-order chi connectivity index (χ0) is 15.0. The van der Waals surface area contributed by atoms with E-state index in [0.717, 1.165) is 11.3 Å². The van der Waals surface area contributed by atoms with E-state index in [-0.39, 0.29) is 11.1 Å². The molecule has 3 aromatic rings. The van der Waals surface area contributed by atoms with Crippen molar-refractivity contribution >= 4 is 22.5 Å². The second-order valence-electron chi connectivity index (χ2n) is 5.13. The van der Waals surface area contributed by atoms with E-state index in [2.05, 4.69) is 23.8 Å². The summed E-state index contributed by atoms with van der Waals surface area (Å²) in [6.45, 7) is 4.18. The fourth-order valence-corrected chi connectivity index (χ4v) is 2.68. The minimum atomic E-state index is -0.395. The third kappa shape index (κ3) is 2.32. The number of hydrogen-bond acceptors (Lipinski definition) is 3. The molecular weight excluding hydrogens is 286 g/mol. The molecule has 21 heavy (non-hydrogen) atoms. The molecular formula is C16H14ClN3O. The molecule has 106 valence electrons. The van der Waals surface area contributed by atoms with Crippen LogP contribution in [-0.4, -0.2) is 14.5 Å². The van der Waals surface area contributed by atoms with Crippen molar-refractivity contribution in [1.82, 2.24) is 14.5 Å². The summed E-state index contributed by atoms with van der Waals surface area (Å²) in [5, 5.41) is 0.917. The normalized spacial score (nSPS) is 11.2. The number of aromatic nitrogens is 3. The van der Waals surface area contributed by atoms with Gasteiger partial charge in [0, 0.05) is 11.6 Å². The van der Waals surface area contributed by atoms with Gasteiger partial charge in [-0.2, -0.15) is 4.98 Å². The SMILES string of the molecule is CC(C)c1ccccc1-n1c(=O)nc(Cl)c2ccncc21. The fourth-order valence-electron chi connectivity index (χ4n) is 2.45. The molecule has 0 amide bonds. The Labute approximate surface area is 127 Å². The van der Waals surface area contributed by atoms with Crippen LogP contribution in [0.15, 0.2) is 47.5 Å². The largest absolute Gasteiger partial charge is 0.354 e. The Morgan fingerprint density at radius 2 is 1.95 bits per heavy atom. The van der Waals surface area contributed by atoms with Crippen LogP contribution in [0.1, 0.15) is 25.3 Å². The second kappa shape index (κ2) is 5.30. The summed E-state index contributed by atoms with van der Waals surface area (Å²) in [5.41, 5.74) is 2.16. The smallest absolute Gasteiger partial charge is 0.262 e. The predicted molar refractivity (Wildman–Crippen MR) is 84.2 cm³/mol. The lowest BCUT2D eigenvalue weighted by Crippen LogP contribution is -2.23. The molecule has 0 radical (unpaired) electrons. The van der Waals surface area contributed by atoms with Crippen LogP contribution in [0.3, 0.4) is 0 Å². The van der Waals surface area contributed by atoms with Gasteiger partial charge in [0.1, 0.15) is 5.15 Å². The summed E-state index contributed by atoms with van der Waals surface area (Å²) >= 11 is 6.07. The standard InChI is InChI=1S/C16H14ClN3O/c1-10(2)11-5-3-4-6-13(11)20-14-9-18-8-7-12(14)15(17)19-16(20)21/h3-10H,1-2H3. The van der Waals surface area contributed by atoms with Gasteiger partial charge in [0.15, 0.2) is 0 Å². The molecule has 0 unspecified atom stereocenters. The summed E-state index contributed by atoms with van der Waals surface area (Å²) in [6.07, 6.45) is 3.28. The number of pyridine rings is 1. The highest BCUT2D eigenvalue weighted by molar-refractivity contribution is 6.34. The maximum Gasteiger partial charge on any atom is 0.354 e. The maximum absolute atomic E-state index is 12.4. The maximum atomic E-state index is 12.4. The summed E-state index contributed by atoms with van der Waals surface area (Å²) in [5.74, 6) is 0.287. The van der Waals surface area contributed by atoms with Gasteiger partial charge in [-0.25, -0.2) is 4.79 Å². The third-order valence-electron chi connectivity index (χ3n) is 3.45. The lowest BCUT2D eigenvalue weighted by atomic mass is 10.0. The van der Waals surface area contributed by atoms with Gasteiger partial charge in [-0.15, -0.1) is 0 Å². The summed E-state index contributed by atoms with van der Waals surface area (Å²) in [4.78, 5) is 20.4. The summed E-state index contributed by atoms with van der Waals surface area (Å²) < 4.78 is 1.57. The Morgan fingerprint density at radius 3 is 2.71 bits per heavy atom. The average molecular weight is 300 g/mol. The van der Waals surface area contributed by atoms with Crippen molar-refractivity contribution in [2.45, 2.75) is 19.8 Å². The van der Waals surface area contributed by atoms with Crippen LogP contribution in [0, 0.1) is 0 Å². The Bertz CT molecular complexity index is 871. The highest BCUT2D eigenvalue weighted by Crippen LogP contribution is 2.26. The van der Waals surface area contributed by atoms with Crippen LogP contribution >= 0.6 is 11.6 Å². The number of fused-ring (bicyclic) bond motifs is 1. The van der Waals surface area contributed by atoms with Gasteiger partial charge in [-0.1, -0.05) is 43.6 Å². The lowest BCUT2D eigenvalue weighted by molar-refractivity contribution is 0.837. The minimum absolute atomic E-state index is 0.204. The summed E-state index contributed by atoms with van der Waals surface area (Å²) in [7, 11) is 0. The number of rotatable bonds is 2. The highest BCUT2D eigenvalue weighted by Gasteiger charge is 2.14. The van der Waals surface area contributed by atoms with Crippen LogP contribution in [0.4, 0.5) is 0 Å². The van der Waals surface area contributed by atoms with Crippen molar-refractivity contribution in [2.24, 2.45) is 0 Å². The van der Waals surface area contributed by atoms with Gasteiger partial charge in [0.2, 0.25) is 0 Å². The van der Waals surface area contributed by atoms with Crippen LogP contribution in [-0.2, 0) is 0 Å². The highest BCUT2D eigenvalue weighted by atomic mass is 35.5. The molecule has 0 atom stereocenters. The van der Waals surface area contributed by atoms with Crippen molar-refractivity contribution < 1.29 is 0 Å². The van der Waals surface area contributed by atoms with Crippen LogP contribution < -0.4 is 5.69 Å². The summed E-state index contributed by atoms with van der Waals surface area (Å²) in [6, 6.07) is 9.57. The molecule has 3 rings (SSSR count). The van der Waals surface area contributed by atoms with E-state index in [9.17, 15) is 4.79 Å². The molecule has 0 spiro atoms. The molecule has 4 nitrogen and oxygen atoms in total. The molecule has 0 fully saturated rings. The van der Waals surface area contributed by atoms with E-state index >= 15 is 0 Å². The molecule has 0 saturated heterocycles. The molecule has 0 saturated carbocycles. The first-order chi connectivity index (χ1) is 10.1. The van der Waals surface area contributed by atoms with Crippen LogP contribution in [0.5, 0.6) is 0 Å². The lowest BCUT2D eigenvalue weighted by Gasteiger charge is -2.16. The number of nitrogens with zero attached hydrogens (tertiary/aromatic N) is 3. The molecule has 0 N–H and O–H groups in total. The van der Waals surface area contributed by atoms with E-state index in [4.69, 9.17) is 11.6 Å². The number of para-hydroxylation sites is 1. The van der Waals surface area contributed by atoms with Crippen LogP contribution in [0.25, 0.3) is 16.6 Å². The average Bonchev–Trinajstić information content (AvgIpc) is 2.47. The van der Waals surface area contributed by atoms with E-state index < -0.39 is 5.69 Å². The predicted octanol–water partition coefficient (Wildman–Crippen LogP) is 3.56. The van der Waals surface area contributed by atoms with Gasteiger partial charge in [-0.05, 0) is 23.6 Å². The van der Waals surface area contributed by atoms with Gasteiger partial charge < -0.3 is 0 Å². The van der Waals surface area contributed by atoms with Crippen molar-refractivity contribution in [3.05, 3.63) is 63.9 Å². The van der Waals surface area contributed by atoms with E-state index in [0.29, 0.717) is 10.9 Å². The second-order valence-corrected chi connectivity index (χ2v) is 5.48. The molecule has 0 aliphatic carbocycles. The van der Waals surface area contributed by atoms with Crippen molar-refractivity contribution in [1.29, 1.82) is 0 Å². The molecule has 2 heterocycles. The molecule has 0 bridgehead atoms. The van der Waals surface area contributed by atoms with Crippen molar-refractivity contribution in [3.8, 4) is 5.69 Å². The molecule has 5 heteroatoms. The monoisotopic (exact) mass is 299 g/mol. The zero-order valence-electron chi connectivity index (χ0n) is 11.7. The van der Waals surface area contributed by atoms with E-state index in [1.165, 1.54) is 0 Å². The van der Waals surface area contributed by atoms with Gasteiger partial charge in [0.05, 0.1) is 17.4 Å². The van der Waals surface area contributed by atoms with Crippen molar-refractivity contribution in [3.63, 3.8) is 0 Å². The first-order valence-electron chi connectivity index (χ1n) is 6.71. The molecule has 0 aliphatic rings. The van der Waals surface area contributed by atoms with Gasteiger partial charge in [-0.3, -0.25) is 9.55 Å². The van der Waals surface area contributed by atoms with Crippen LogP contribution in [0.2, 0.25) is 5.15 Å². The molecule has 2 aromatic heterocycles. The topological polar surface area (TPSA) is 47.8 Å². The Kier molecular flexibility index (Phi) is 3.47. The number of hydrogen-bond donors (Lipinski definition) is 0. The quantitative estimate of drug-likeness (QED) is 0.680. The third-order valence-corrected chi connectivity index (χ3v) is 3.74. The molecule has 0 aliphatic heterocycles. The van der Waals surface area contributed by atoms with Crippen molar-refractivity contribution in [2.75, 3.05) is 0 Å². The Morgan fingerprint density at radius 1 is 1.19 bits per heavy atom. The first kappa shape index (κ1) is 13.8. The zero-order valence-corrected chi connectivity index (χ0v) is 12.5.